The Hall–Kier alpha value is -1.02. The predicted octanol–water partition coefficient (Wildman–Crippen LogP) is 1.57. The van der Waals surface area contributed by atoms with Crippen LogP contribution in [-0.2, 0) is 4.74 Å². The fraction of sp³-hybridized carbons (Fsp3) is 0.400. The lowest BCUT2D eigenvalue weighted by atomic mass is 10.3. The van der Waals surface area contributed by atoms with Gasteiger partial charge in [0.1, 0.15) is 0 Å². The van der Waals surface area contributed by atoms with Gasteiger partial charge in [-0.2, -0.15) is 0 Å². The highest BCUT2D eigenvalue weighted by Gasteiger charge is 2.09. The maximum Gasteiger partial charge on any atom is 0.0642 e. The van der Waals surface area contributed by atoms with Crippen LogP contribution in [0.1, 0.15) is 0 Å². The van der Waals surface area contributed by atoms with Crippen molar-refractivity contribution in [3.05, 3.63) is 37.1 Å². The maximum atomic E-state index is 5.24. The lowest BCUT2D eigenvalue weighted by molar-refractivity contribution is 0.0554. The molecule has 1 rings (SSSR count). The molecule has 0 amide bonds. The number of rotatable bonds is 3. The van der Waals surface area contributed by atoms with Crippen LogP contribution in [0.4, 0.5) is 0 Å². The lowest BCUT2D eigenvalue weighted by Crippen LogP contribution is -2.34. The molecule has 2 nitrogen and oxygen atoms in total. The van der Waals surface area contributed by atoms with Crippen LogP contribution in [0.25, 0.3) is 0 Å². The molecule has 0 bridgehead atoms. The van der Waals surface area contributed by atoms with E-state index in [1.54, 1.807) is 6.08 Å². The molecule has 0 aromatic carbocycles. The molecule has 12 heavy (non-hydrogen) atoms. The summed E-state index contributed by atoms with van der Waals surface area (Å²) in [5.41, 5.74) is 1.13. The summed E-state index contributed by atoms with van der Waals surface area (Å²) < 4.78 is 5.24. The van der Waals surface area contributed by atoms with Gasteiger partial charge in [-0.05, 0) is 12.2 Å². The molecule has 0 N–H and O–H groups in total. The second kappa shape index (κ2) is 4.78. The van der Waals surface area contributed by atoms with Crippen LogP contribution < -0.4 is 0 Å². The van der Waals surface area contributed by atoms with Crippen molar-refractivity contribution in [3.63, 3.8) is 0 Å². The third-order valence-corrected chi connectivity index (χ3v) is 1.87. The van der Waals surface area contributed by atoms with Crippen molar-refractivity contribution in [2.75, 3.05) is 26.3 Å². The summed E-state index contributed by atoms with van der Waals surface area (Å²) in [6, 6.07) is 0. The van der Waals surface area contributed by atoms with Crippen molar-refractivity contribution in [2.24, 2.45) is 0 Å². The molecule has 0 radical (unpaired) electrons. The van der Waals surface area contributed by atoms with E-state index < -0.39 is 0 Å². The Kier molecular flexibility index (Phi) is 3.61. The number of hydrogen-bond acceptors (Lipinski definition) is 2. The highest BCUT2D eigenvalue weighted by atomic mass is 16.5. The monoisotopic (exact) mass is 165 g/mol. The number of hydrogen-bond donors (Lipinski definition) is 0. The predicted molar refractivity (Wildman–Crippen MR) is 50.9 cm³/mol. The van der Waals surface area contributed by atoms with E-state index >= 15 is 0 Å². The van der Waals surface area contributed by atoms with Gasteiger partial charge in [0.2, 0.25) is 0 Å². The van der Waals surface area contributed by atoms with Crippen molar-refractivity contribution in [1.29, 1.82) is 0 Å². The first kappa shape index (κ1) is 9.07. The molecule has 0 aromatic rings. The quantitative estimate of drug-likeness (QED) is 0.589. The van der Waals surface area contributed by atoms with Crippen molar-refractivity contribution < 1.29 is 4.74 Å². The molecule has 1 saturated heterocycles. The van der Waals surface area contributed by atoms with Crippen molar-refractivity contribution in [2.45, 2.75) is 0 Å². The summed E-state index contributed by atoms with van der Waals surface area (Å²) in [4.78, 5) is 2.25. The average Bonchev–Trinajstić information content (AvgIpc) is 2.15. The van der Waals surface area contributed by atoms with Gasteiger partial charge in [0.25, 0.3) is 0 Å². The number of ether oxygens (including phenoxy) is 1. The first-order chi connectivity index (χ1) is 5.88. The van der Waals surface area contributed by atoms with Gasteiger partial charge in [0.05, 0.1) is 13.2 Å². The van der Waals surface area contributed by atoms with Crippen LogP contribution in [0.5, 0.6) is 0 Å². The second-order valence-corrected chi connectivity index (χ2v) is 2.63. The molecular weight excluding hydrogens is 150 g/mol. The summed E-state index contributed by atoms with van der Waals surface area (Å²) in [5, 5.41) is 0. The Morgan fingerprint density at radius 1 is 1.25 bits per heavy atom. The number of nitrogens with zero attached hydrogens (tertiary/aromatic N) is 1. The zero-order valence-electron chi connectivity index (χ0n) is 7.33. The van der Waals surface area contributed by atoms with E-state index in [-0.39, 0.29) is 0 Å². The van der Waals surface area contributed by atoms with Gasteiger partial charge in [-0.1, -0.05) is 19.2 Å². The van der Waals surface area contributed by atoms with Crippen LogP contribution in [0.3, 0.4) is 0 Å². The maximum absolute atomic E-state index is 5.24. The molecule has 1 aliphatic heterocycles. The Morgan fingerprint density at radius 3 is 2.42 bits per heavy atom. The molecule has 66 valence electrons. The first-order valence-corrected chi connectivity index (χ1v) is 4.16. The largest absolute Gasteiger partial charge is 0.378 e. The van der Waals surface area contributed by atoms with E-state index in [2.05, 4.69) is 18.1 Å². The van der Waals surface area contributed by atoms with E-state index in [0.29, 0.717) is 0 Å². The molecule has 1 heterocycles. The summed E-state index contributed by atoms with van der Waals surface area (Å²) in [7, 11) is 0. The summed E-state index contributed by atoms with van der Waals surface area (Å²) in [6.07, 6.45) is 5.61. The third kappa shape index (κ3) is 2.24. The molecule has 0 saturated carbocycles. The normalized spacial score (nSPS) is 19.0. The van der Waals surface area contributed by atoms with Crippen molar-refractivity contribution in [1.82, 2.24) is 4.90 Å². The molecule has 0 unspecified atom stereocenters. The number of morpholine rings is 1. The van der Waals surface area contributed by atoms with Crippen LogP contribution in [0.2, 0.25) is 0 Å². The van der Waals surface area contributed by atoms with Gasteiger partial charge < -0.3 is 9.64 Å². The van der Waals surface area contributed by atoms with Gasteiger partial charge in [-0.15, -0.1) is 0 Å². The molecule has 1 aliphatic rings. The van der Waals surface area contributed by atoms with Gasteiger partial charge in [0, 0.05) is 18.8 Å². The smallest absolute Gasteiger partial charge is 0.0642 e. The van der Waals surface area contributed by atoms with Crippen LogP contribution in [-0.4, -0.2) is 31.2 Å². The van der Waals surface area contributed by atoms with Gasteiger partial charge >= 0.3 is 0 Å². The Bertz CT molecular complexity index is 190. The van der Waals surface area contributed by atoms with Gasteiger partial charge in [-0.3, -0.25) is 0 Å². The van der Waals surface area contributed by atoms with E-state index in [4.69, 9.17) is 4.74 Å². The Morgan fingerprint density at radius 2 is 1.92 bits per heavy atom. The molecule has 0 aromatic heterocycles. The van der Waals surface area contributed by atoms with E-state index in [1.165, 1.54) is 0 Å². The molecule has 2 heteroatoms. The Labute approximate surface area is 73.8 Å². The summed E-state index contributed by atoms with van der Waals surface area (Å²) in [5.74, 6) is 0. The first-order valence-electron chi connectivity index (χ1n) is 4.16. The second-order valence-electron chi connectivity index (χ2n) is 2.63. The Balaban J connectivity index is 2.57. The third-order valence-electron chi connectivity index (χ3n) is 1.87. The lowest BCUT2D eigenvalue weighted by Gasteiger charge is -2.29. The minimum absolute atomic E-state index is 0.808. The molecule has 0 aliphatic carbocycles. The molecular formula is C10H15NO. The highest BCUT2D eigenvalue weighted by molar-refractivity contribution is 5.20. The molecule has 0 spiro atoms. The summed E-state index contributed by atoms with van der Waals surface area (Å²) >= 11 is 0. The summed E-state index contributed by atoms with van der Waals surface area (Å²) in [6.45, 7) is 10.9. The van der Waals surface area contributed by atoms with Crippen LogP contribution >= 0.6 is 0 Å². The van der Waals surface area contributed by atoms with E-state index in [0.717, 1.165) is 32.0 Å². The van der Waals surface area contributed by atoms with Gasteiger partial charge in [0.15, 0.2) is 0 Å². The van der Waals surface area contributed by atoms with Crippen molar-refractivity contribution in [3.8, 4) is 0 Å². The zero-order valence-corrected chi connectivity index (χ0v) is 7.33. The van der Waals surface area contributed by atoms with E-state index in [1.807, 2.05) is 12.2 Å². The topological polar surface area (TPSA) is 12.5 Å². The fourth-order valence-electron chi connectivity index (χ4n) is 1.24. The molecule has 0 atom stereocenters. The standard InChI is InChI=1S/C10H15NO/c1-3-5-10(4-2)11-6-8-12-9-7-11/h3-5H,1-2,6-9H2. The van der Waals surface area contributed by atoms with E-state index in [9.17, 15) is 0 Å². The minimum atomic E-state index is 0.808. The SMILES string of the molecule is C=CC=C(C=C)N1CCOCC1. The number of allylic oxidation sites excluding steroid dienone is 3. The highest BCUT2D eigenvalue weighted by Crippen LogP contribution is 2.08. The zero-order chi connectivity index (χ0) is 8.81. The average molecular weight is 165 g/mol. The van der Waals surface area contributed by atoms with Gasteiger partial charge in [-0.25, -0.2) is 0 Å². The van der Waals surface area contributed by atoms with Crippen molar-refractivity contribution >= 4 is 0 Å². The van der Waals surface area contributed by atoms with Crippen LogP contribution in [0.15, 0.2) is 37.1 Å². The van der Waals surface area contributed by atoms with Crippen LogP contribution in [0, 0.1) is 0 Å². The fourth-order valence-corrected chi connectivity index (χ4v) is 1.24. The molecule has 1 fully saturated rings. The minimum Gasteiger partial charge on any atom is -0.378 e.